The molecule has 0 saturated carbocycles. The van der Waals surface area contributed by atoms with Gasteiger partial charge in [-0.3, -0.25) is 0 Å². The average molecular weight is 620 g/mol. The molecule has 0 unspecified atom stereocenters. The Hall–Kier alpha value is -4.75. The van der Waals surface area contributed by atoms with E-state index in [1.54, 1.807) is 0 Å². The minimum Gasteiger partial charge on any atom is -0.438 e. The molecule has 9 aromatic rings. The predicted molar refractivity (Wildman–Crippen MR) is 174 cm³/mol. The number of nitrogens with zero attached hydrogens (tertiary/aromatic N) is 4. The lowest BCUT2D eigenvalue weighted by Gasteiger charge is -2.08. The van der Waals surface area contributed by atoms with Gasteiger partial charge in [0, 0.05) is 16.3 Å². The number of furan rings is 2. The smallest absolute Gasteiger partial charge is 0.233 e. The lowest BCUT2D eigenvalue weighted by atomic mass is 9.98. The molecule has 0 atom stereocenters. The number of hydrogen-bond acceptors (Lipinski definition) is 6. The Balaban J connectivity index is 0.000000156. The Morgan fingerprint density at radius 1 is 0.465 bits per heavy atom. The summed E-state index contributed by atoms with van der Waals surface area (Å²) < 4.78 is 11.4. The van der Waals surface area contributed by atoms with Crippen LogP contribution in [0.25, 0.3) is 76.9 Å². The standard InChI is InChI=1S/C24H13ClN2O.C10H4Cl2N2O/c25-24-26-22(21-19-7-3-4-8-20(19)28-23(21)27-24)16-11-12-18-15(13-16)10-9-14-5-1-2-6-17(14)18;11-8-7-5-3-1-2-4-6(5)15-9(7)14-10(12)13-8/h1-13H;1-4H. The monoisotopic (exact) mass is 618 g/mol. The second kappa shape index (κ2) is 10.2. The van der Waals surface area contributed by atoms with E-state index in [0.717, 1.165) is 44.0 Å². The van der Waals surface area contributed by atoms with Gasteiger partial charge < -0.3 is 8.83 Å². The van der Waals surface area contributed by atoms with Gasteiger partial charge in [-0.25, -0.2) is 9.97 Å². The van der Waals surface area contributed by atoms with Crippen molar-refractivity contribution in [3.05, 3.63) is 119 Å². The topological polar surface area (TPSA) is 77.8 Å². The zero-order valence-electron chi connectivity index (χ0n) is 22.1. The molecule has 0 fully saturated rings. The van der Waals surface area contributed by atoms with Gasteiger partial charge in [0.05, 0.1) is 16.5 Å². The van der Waals surface area contributed by atoms with Gasteiger partial charge in [-0.15, -0.1) is 0 Å². The number of halogens is 3. The summed E-state index contributed by atoms with van der Waals surface area (Å²) in [7, 11) is 0. The van der Waals surface area contributed by atoms with Gasteiger partial charge in [0.25, 0.3) is 0 Å². The van der Waals surface area contributed by atoms with Crippen LogP contribution in [-0.4, -0.2) is 19.9 Å². The van der Waals surface area contributed by atoms with Gasteiger partial charge in [-0.05, 0) is 62.9 Å². The molecule has 43 heavy (non-hydrogen) atoms. The zero-order valence-corrected chi connectivity index (χ0v) is 24.3. The fraction of sp³-hybridized carbons (Fsp3) is 0. The van der Waals surface area contributed by atoms with E-state index >= 15 is 0 Å². The Kier molecular flexibility index (Phi) is 6.15. The molecule has 5 aromatic carbocycles. The van der Waals surface area contributed by atoms with Crippen molar-refractivity contribution < 1.29 is 8.83 Å². The second-order valence-corrected chi connectivity index (χ2v) is 10.9. The number of rotatable bonds is 1. The molecule has 0 aliphatic rings. The SMILES string of the molecule is Clc1nc(-c2ccc3c(ccc4ccccc43)c2)c2c(n1)oc1ccccc12.Clc1nc(Cl)c2c(n1)oc1ccccc12. The van der Waals surface area contributed by atoms with Crippen molar-refractivity contribution in [2.24, 2.45) is 0 Å². The summed E-state index contributed by atoms with van der Waals surface area (Å²) in [6.07, 6.45) is 0. The molecule has 9 rings (SSSR count). The van der Waals surface area contributed by atoms with Crippen molar-refractivity contribution in [1.82, 2.24) is 19.9 Å². The van der Waals surface area contributed by atoms with Gasteiger partial charge in [0.1, 0.15) is 16.3 Å². The predicted octanol–water partition coefficient (Wildman–Crippen LogP) is 10.7. The van der Waals surface area contributed by atoms with Crippen molar-refractivity contribution in [3.8, 4) is 11.3 Å². The third-order valence-corrected chi connectivity index (χ3v) is 8.01. The van der Waals surface area contributed by atoms with Crippen molar-refractivity contribution in [1.29, 1.82) is 0 Å². The molecule has 9 heteroatoms. The van der Waals surface area contributed by atoms with Gasteiger partial charge in [-0.1, -0.05) is 96.5 Å². The Bertz CT molecular complexity index is 2520. The number of fused-ring (bicyclic) bond motifs is 9. The molecule has 0 aliphatic heterocycles. The summed E-state index contributed by atoms with van der Waals surface area (Å²) >= 11 is 17.9. The molecule has 6 nitrogen and oxygen atoms in total. The fourth-order valence-corrected chi connectivity index (χ4v) is 6.15. The van der Waals surface area contributed by atoms with E-state index in [1.807, 2.05) is 48.5 Å². The van der Waals surface area contributed by atoms with E-state index in [4.69, 9.17) is 43.6 Å². The van der Waals surface area contributed by atoms with Crippen LogP contribution in [0.2, 0.25) is 15.7 Å². The first-order chi connectivity index (χ1) is 21.0. The van der Waals surface area contributed by atoms with E-state index in [9.17, 15) is 0 Å². The molecule has 0 amide bonds. The zero-order chi connectivity index (χ0) is 29.1. The summed E-state index contributed by atoms with van der Waals surface area (Å²) in [6.45, 7) is 0. The number of aromatic nitrogens is 4. The molecule has 0 spiro atoms. The van der Waals surface area contributed by atoms with E-state index in [0.29, 0.717) is 22.0 Å². The van der Waals surface area contributed by atoms with E-state index < -0.39 is 0 Å². The third kappa shape index (κ3) is 4.43. The van der Waals surface area contributed by atoms with Crippen molar-refractivity contribution in [3.63, 3.8) is 0 Å². The lowest BCUT2D eigenvalue weighted by Crippen LogP contribution is -1.90. The highest BCUT2D eigenvalue weighted by atomic mass is 35.5. The highest BCUT2D eigenvalue weighted by Crippen LogP contribution is 2.37. The average Bonchev–Trinajstić information content (AvgIpc) is 3.58. The van der Waals surface area contributed by atoms with Gasteiger partial charge in [-0.2, -0.15) is 9.97 Å². The molecule has 0 saturated heterocycles. The van der Waals surface area contributed by atoms with Crippen LogP contribution in [-0.2, 0) is 0 Å². The largest absolute Gasteiger partial charge is 0.438 e. The maximum atomic E-state index is 6.22. The second-order valence-electron chi connectivity index (χ2n) is 9.90. The highest BCUT2D eigenvalue weighted by molar-refractivity contribution is 6.37. The van der Waals surface area contributed by atoms with Crippen LogP contribution in [0.15, 0.2) is 112 Å². The molecule has 4 aromatic heterocycles. The summed E-state index contributed by atoms with van der Waals surface area (Å²) in [6, 6.07) is 34.5. The number of hydrogen-bond donors (Lipinski definition) is 0. The quantitative estimate of drug-likeness (QED) is 0.103. The first-order valence-corrected chi connectivity index (χ1v) is 14.4. The summed E-state index contributed by atoms with van der Waals surface area (Å²) in [4.78, 5) is 16.7. The van der Waals surface area contributed by atoms with E-state index in [2.05, 4.69) is 74.5 Å². The van der Waals surface area contributed by atoms with Crippen LogP contribution < -0.4 is 0 Å². The molecule has 0 radical (unpaired) electrons. The molecular formula is C34H17Cl3N4O2. The van der Waals surface area contributed by atoms with Crippen molar-refractivity contribution >= 4 is 100 Å². The molecule has 0 bridgehead atoms. The summed E-state index contributed by atoms with van der Waals surface area (Å²) in [5, 5.41) is 8.92. The highest BCUT2D eigenvalue weighted by Gasteiger charge is 2.17. The molecular weight excluding hydrogens is 603 g/mol. The lowest BCUT2D eigenvalue weighted by molar-refractivity contribution is 0.652. The fourth-order valence-electron chi connectivity index (χ4n) is 5.52. The van der Waals surface area contributed by atoms with Gasteiger partial charge >= 0.3 is 0 Å². The number of para-hydroxylation sites is 2. The molecule has 206 valence electrons. The van der Waals surface area contributed by atoms with E-state index in [-0.39, 0.29) is 10.6 Å². The van der Waals surface area contributed by atoms with Gasteiger partial charge in [0.2, 0.25) is 22.0 Å². The summed E-state index contributed by atoms with van der Waals surface area (Å²) in [5.74, 6) is 0. The van der Waals surface area contributed by atoms with Crippen LogP contribution in [0.5, 0.6) is 0 Å². The minimum atomic E-state index is 0.0894. The van der Waals surface area contributed by atoms with Crippen LogP contribution in [0.4, 0.5) is 0 Å². The molecule has 0 N–H and O–H groups in total. The maximum absolute atomic E-state index is 6.22. The van der Waals surface area contributed by atoms with Crippen LogP contribution in [0, 0.1) is 0 Å². The van der Waals surface area contributed by atoms with E-state index in [1.165, 1.54) is 16.2 Å². The molecule has 0 aliphatic carbocycles. The third-order valence-electron chi connectivity index (χ3n) is 7.40. The Morgan fingerprint density at radius 2 is 1.02 bits per heavy atom. The maximum Gasteiger partial charge on any atom is 0.233 e. The van der Waals surface area contributed by atoms with Crippen LogP contribution in [0.1, 0.15) is 0 Å². The summed E-state index contributed by atoms with van der Waals surface area (Å²) in [5.41, 5.74) is 4.21. The van der Waals surface area contributed by atoms with Gasteiger partial charge in [0.15, 0.2) is 0 Å². The molecule has 4 heterocycles. The van der Waals surface area contributed by atoms with Crippen molar-refractivity contribution in [2.45, 2.75) is 0 Å². The first-order valence-electron chi connectivity index (χ1n) is 13.3. The minimum absolute atomic E-state index is 0.0894. The number of benzene rings is 5. The van der Waals surface area contributed by atoms with Crippen LogP contribution in [0.3, 0.4) is 0 Å². The Morgan fingerprint density at radius 3 is 1.77 bits per heavy atom. The van der Waals surface area contributed by atoms with Crippen molar-refractivity contribution in [2.75, 3.05) is 0 Å². The first kappa shape index (κ1) is 25.9. The van der Waals surface area contributed by atoms with Crippen LogP contribution >= 0.6 is 34.8 Å². The normalized spacial score (nSPS) is 11.6. The Labute approximate surface area is 258 Å².